The fourth-order valence-electron chi connectivity index (χ4n) is 5.34. The highest BCUT2D eigenvalue weighted by Gasteiger charge is 2.78. The largest absolute Gasteiger partial charge is 0.290 e. The van der Waals surface area contributed by atoms with E-state index in [0.29, 0.717) is 24.0 Å². The van der Waals surface area contributed by atoms with E-state index in [0.717, 1.165) is 0 Å². The highest BCUT2D eigenvalue weighted by Crippen LogP contribution is 2.68. The number of hydroxylamine groups is 2. The lowest BCUT2D eigenvalue weighted by atomic mass is 9.82. The van der Waals surface area contributed by atoms with Crippen LogP contribution in [0.5, 0.6) is 0 Å². The molecule has 0 aromatic heterocycles. The highest BCUT2D eigenvalue weighted by molar-refractivity contribution is 5.33. The maximum Gasteiger partial charge on any atom is 0.113 e. The van der Waals surface area contributed by atoms with Gasteiger partial charge in [0.1, 0.15) is 5.60 Å². The van der Waals surface area contributed by atoms with Gasteiger partial charge in [-0.3, -0.25) is 9.74 Å². The molecule has 5 atom stereocenters. The van der Waals surface area contributed by atoms with Crippen LogP contribution in [0.1, 0.15) is 52.1 Å². The SMILES string of the molecule is CCC1C2C(c3ccccc3)N(C)OC23CC3N1C(C)(C)C. The van der Waals surface area contributed by atoms with Gasteiger partial charge in [-0.05, 0) is 39.2 Å². The van der Waals surface area contributed by atoms with Crippen LogP contribution in [0.4, 0.5) is 0 Å². The van der Waals surface area contributed by atoms with Crippen LogP contribution in [0, 0.1) is 5.92 Å². The van der Waals surface area contributed by atoms with Gasteiger partial charge in [-0.2, -0.15) is 5.06 Å². The smallest absolute Gasteiger partial charge is 0.113 e. The first-order valence-electron chi connectivity index (χ1n) is 8.65. The average Bonchev–Trinajstić information content (AvgIpc) is 2.95. The van der Waals surface area contributed by atoms with Crippen molar-refractivity contribution < 1.29 is 4.84 Å². The minimum absolute atomic E-state index is 0.0726. The molecule has 2 heterocycles. The first-order valence-corrected chi connectivity index (χ1v) is 8.65. The lowest BCUT2D eigenvalue weighted by Crippen LogP contribution is -2.49. The van der Waals surface area contributed by atoms with Gasteiger partial charge >= 0.3 is 0 Å². The fraction of sp³-hybridized carbons (Fsp3) is 0.684. The minimum Gasteiger partial charge on any atom is -0.290 e. The zero-order valence-electron chi connectivity index (χ0n) is 14.4. The lowest BCUT2D eigenvalue weighted by molar-refractivity contribution is -0.160. The second-order valence-corrected chi connectivity index (χ2v) is 8.25. The van der Waals surface area contributed by atoms with Crippen LogP contribution in [-0.4, -0.2) is 40.2 Å². The summed E-state index contributed by atoms with van der Waals surface area (Å²) in [4.78, 5) is 9.21. The molecule has 5 unspecified atom stereocenters. The topological polar surface area (TPSA) is 15.7 Å². The molecule has 1 spiro atoms. The Hall–Kier alpha value is -0.900. The van der Waals surface area contributed by atoms with Crippen molar-refractivity contribution in [3.05, 3.63) is 35.9 Å². The van der Waals surface area contributed by atoms with Crippen molar-refractivity contribution in [1.82, 2.24) is 9.96 Å². The number of hydrogen-bond acceptors (Lipinski definition) is 3. The average molecular weight is 300 g/mol. The summed E-state index contributed by atoms with van der Waals surface area (Å²) < 4.78 is 0. The van der Waals surface area contributed by atoms with E-state index in [2.05, 4.69) is 75.0 Å². The van der Waals surface area contributed by atoms with E-state index >= 15 is 0 Å². The predicted octanol–water partition coefficient (Wildman–Crippen LogP) is 3.62. The Balaban J connectivity index is 1.75. The van der Waals surface area contributed by atoms with E-state index in [4.69, 9.17) is 4.84 Å². The fourth-order valence-corrected chi connectivity index (χ4v) is 5.34. The van der Waals surface area contributed by atoms with Gasteiger partial charge in [0.25, 0.3) is 0 Å². The van der Waals surface area contributed by atoms with Gasteiger partial charge in [0, 0.05) is 30.6 Å². The first-order chi connectivity index (χ1) is 10.4. The quantitative estimate of drug-likeness (QED) is 0.829. The van der Waals surface area contributed by atoms with Crippen molar-refractivity contribution in [2.45, 2.75) is 69.8 Å². The van der Waals surface area contributed by atoms with Crippen molar-refractivity contribution in [2.75, 3.05) is 7.05 Å². The molecule has 0 bridgehead atoms. The van der Waals surface area contributed by atoms with Crippen molar-refractivity contribution in [3.8, 4) is 0 Å². The van der Waals surface area contributed by atoms with Crippen LogP contribution in [-0.2, 0) is 4.84 Å². The Labute approximate surface area is 134 Å². The van der Waals surface area contributed by atoms with Crippen LogP contribution in [0.25, 0.3) is 0 Å². The Bertz CT molecular complexity index is 567. The molecule has 22 heavy (non-hydrogen) atoms. The third-order valence-electron chi connectivity index (χ3n) is 5.97. The molecule has 1 aromatic rings. The van der Waals surface area contributed by atoms with Gasteiger partial charge < -0.3 is 0 Å². The van der Waals surface area contributed by atoms with Gasteiger partial charge in [0.2, 0.25) is 0 Å². The summed E-state index contributed by atoms with van der Waals surface area (Å²) in [7, 11) is 2.12. The molecule has 2 aliphatic heterocycles. The van der Waals surface area contributed by atoms with E-state index < -0.39 is 0 Å². The van der Waals surface area contributed by atoms with Crippen molar-refractivity contribution in [3.63, 3.8) is 0 Å². The maximum atomic E-state index is 6.46. The summed E-state index contributed by atoms with van der Waals surface area (Å²) in [5.41, 5.74) is 1.68. The number of rotatable bonds is 2. The number of hydrogen-bond donors (Lipinski definition) is 0. The van der Waals surface area contributed by atoms with E-state index in [1.165, 1.54) is 18.4 Å². The number of nitrogens with zero attached hydrogens (tertiary/aromatic N) is 2. The Morgan fingerprint density at radius 3 is 2.50 bits per heavy atom. The molecule has 3 aliphatic rings. The zero-order chi connectivity index (χ0) is 15.7. The molecular formula is C19H28N2O. The highest BCUT2D eigenvalue weighted by atomic mass is 16.7. The van der Waals surface area contributed by atoms with E-state index in [1.807, 2.05) is 0 Å². The van der Waals surface area contributed by atoms with Crippen molar-refractivity contribution >= 4 is 0 Å². The molecule has 0 radical (unpaired) electrons. The monoisotopic (exact) mass is 300 g/mol. The summed E-state index contributed by atoms with van der Waals surface area (Å²) in [5, 5.41) is 2.14. The normalized spacial score (nSPS) is 41.5. The third-order valence-corrected chi connectivity index (χ3v) is 5.97. The lowest BCUT2D eigenvalue weighted by Gasteiger charge is -2.41. The summed E-state index contributed by atoms with van der Waals surface area (Å²) >= 11 is 0. The summed E-state index contributed by atoms with van der Waals surface area (Å²) in [6.45, 7) is 9.39. The van der Waals surface area contributed by atoms with Gasteiger partial charge in [-0.1, -0.05) is 37.3 Å². The van der Waals surface area contributed by atoms with Gasteiger partial charge in [0.15, 0.2) is 0 Å². The number of benzene rings is 1. The minimum atomic E-state index is 0.0726. The molecule has 1 aromatic carbocycles. The molecule has 0 N–H and O–H groups in total. The molecule has 1 saturated carbocycles. The van der Waals surface area contributed by atoms with Crippen LogP contribution in [0.15, 0.2) is 30.3 Å². The third kappa shape index (κ3) is 1.79. The Kier molecular flexibility index (Phi) is 3.04. The summed E-state index contributed by atoms with van der Waals surface area (Å²) in [5.74, 6) is 0.578. The molecule has 1 aliphatic carbocycles. The second kappa shape index (κ2) is 4.56. The molecular weight excluding hydrogens is 272 g/mol. The maximum absolute atomic E-state index is 6.46. The molecule has 3 heteroatoms. The van der Waals surface area contributed by atoms with Crippen LogP contribution in [0.2, 0.25) is 0 Å². The van der Waals surface area contributed by atoms with E-state index in [9.17, 15) is 0 Å². The van der Waals surface area contributed by atoms with E-state index in [1.54, 1.807) is 0 Å². The van der Waals surface area contributed by atoms with Crippen LogP contribution >= 0.6 is 0 Å². The first kappa shape index (κ1) is 14.7. The standard InChI is InChI=1S/C19H28N2O/c1-6-14-16-17(13-10-8-7-9-11-13)20(5)22-19(16)12-15(19)21(14)18(2,3)4/h7-11,14-17H,6,12H2,1-5H3. The summed E-state index contributed by atoms with van der Waals surface area (Å²) in [6.07, 6.45) is 2.39. The van der Waals surface area contributed by atoms with Crippen molar-refractivity contribution in [1.29, 1.82) is 0 Å². The summed E-state index contributed by atoms with van der Waals surface area (Å²) in [6, 6.07) is 12.5. The molecule has 3 fully saturated rings. The number of piperidine rings is 1. The Morgan fingerprint density at radius 1 is 1.23 bits per heavy atom. The molecule has 4 rings (SSSR count). The Morgan fingerprint density at radius 2 is 1.91 bits per heavy atom. The van der Waals surface area contributed by atoms with E-state index in [-0.39, 0.29) is 11.1 Å². The van der Waals surface area contributed by atoms with Crippen molar-refractivity contribution in [2.24, 2.45) is 5.92 Å². The van der Waals surface area contributed by atoms with Gasteiger partial charge in [-0.25, -0.2) is 0 Å². The van der Waals surface area contributed by atoms with Crippen LogP contribution in [0.3, 0.4) is 0 Å². The van der Waals surface area contributed by atoms with Gasteiger partial charge in [-0.15, -0.1) is 0 Å². The second-order valence-electron chi connectivity index (χ2n) is 8.25. The zero-order valence-corrected chi connectivity index (χ0v) is 14.4. The molecule has 3 nitrogen and oxygen atoms in total. The molecule has 2 saturated heterocycles. The number of likely N-dealkylation sites (tertiary alicyclic amines) is 1. The molecule has 0 amide bonds. The van der Waals surface area contributed by atoms with Gasteiger partial charge in [0.05, 0.1) is 6.04 Å². The predicted molar refractivity (Wildman–Crippen MR) is 88.3 cm³/mol. The molecule has 120 valence electrons. The van der Waals surface area contributed by atoms with Crippen LogP contribution < -0.4 is 0 Å².